The number of hydrogen-bond acceptors (Lipinski definition) is 5. The van der Waals surface area contributed by atoms with Crippen LogP contribution in [0, 0.1) is 0 Å². The van der Waals surface area contributed by atoms with Crippen molar-refractivity contribution in [1.82, 2.24) is 19.6 Å². The highest BCUT2D eigenvalue weighted by Gasteiger charge is 2.39. The zero-order valence-corrected chi connectivity index (χ0v) is 22.4. The Hall–Kier alpha value is -2.52. The number of thioether (sulfide) groups is 1. The van der Waals surface area contributed by atoms with Gasteiger partial charge in [0.2, 0.25) is 17.7 Å². The first kappa shape index (κ1) is 25.6. The molecule has 0 radical (unpaired) electrons. The number of benzene rings is 1. The molecule has 4 rings (SSSR count). The molecule has 2 aliphatic rings. The smallest absolute Gasteiger partial charge is 0.242 e. The van der Waals surface area contributed by atoms with Gasteiger partial charge in [-0.15, -0.1) is 11.8 Å². The summed E-state index contributed by atoms with van der Waals surface area (Å²) in [6.07, 6.45) is 0. The van der Waals surface area contributed by atoms with Crippen molar-refractivity contribution in [2.45, 2.75) is 38.4 Å². The number of anilines is 1. The maximum absolute atomic E-state index is 13.4. The molecule has 0 bridgehead atoms. The van der Waals surface area contributed by atoms with Crippen molar-refractivity contribution in [2.24, 2.45) is 7.05 Å². The molecule has 8 nitrogen and oxygen atoms in total. The minimum absolute atomic E-state index is 0.0121. The van der Waals surface area contributed by atoms with E-state index >= 15 is 0 Å². The lowest BCUT2D eigenvalue weighted by Crippen LogP contribution is -2.53. The first-order valence-electron chi connectivity index (χ1n) is 11.8. The maximum Gasteiger partial charge on any atom is 0.242 e. The van der Waals surface area contributed by atoms with Crippen LogP contribution in [0.4, 0.5) is 5.82 Å². The van der Waals surface area contributed by atoms with Crippen LogP contribution in [0.3, 0.4) is 0 Å². The Morgan fingerprint density at radius 2 is 1.80 bits per heavy atom. The summed E-state index contributed by atoms with van der Waals surface area (Å²) in [5.74, 6) is 0.654. The van der Waals surface area contributed by atoms with Gasteiger partial charge in [0, 0.05) is 56.2 Å². The quantitative estimate of drug-likeness (QED) is 0.624. The average molecular weight is 518 g/mol. The highest BCUT2D eigenvalue weighted by Crippen LogP contribution is 2.47. The molecule has 3 heterocycles. The molecular formula is C25H32ClN5O3S. The fraction of sp³-hybridized carbons (Fsp3) is 0.520. The van der Waals surface area contributed by atoms with E-state index in [2.05, 4.69) is 20.8 Å². The Kier molecular flexibility index (Phi) is 7.20. The van der Waals surface area contributed by atoms with Gasteiger partial charge in [-0.3, -0.25) is 24.0 Å². The SMILES string of the molecule is CC(=O)N1CCN(C(=O)CN2C(=O)CSC(c3cccc(Cl)c3)c3c(C(C)(C)C)nn(C)c32)CC1. The lowest BCUT2D eigenvalue weighted by molar-refractivity contribution is -0.137. The molecule has 1 fully saturated rings. The fourth-order valence-electron chi connectivity index (χ4n) is 4.68. The predicted octanol–water partition coefficient (Wildman–Crippen LogP) is 3.23. The van der Waals surface area contributed by atoms with E-state index in [0.29, 0.717) is 37.0 Å². The highest BCUT2D eigenvalue weighted by molar-refractivity contribution is 8.00. The van der Waals surface area contributed by atoms with E-state index < -0.39 is 0 Å². The van der Waals surface area contributed by atoms with Crippen LogP contribution in [0.5, 0.6) is 0 Å². The van der Waals surface area contributed by atoms with Crippen LogP contribution in [-0.4, -0.2) is 75.8 Å². The van der Waals surface area contributed by atoms with Crippen LogP contribution < -0.4 is 4.90 Å². The molecule has 1 aromatic carbocycles. The van der Waals surface area contributed by atoms with Gasteiger partial charge < -0.3 is 9.80 Å². The number of hydrogen-bond donors (Lipinski definition) is 0. The second-order valence-corrected chi connectivity index (χ2v) is 11.6. The van der Waals surface area contributed by atoms with E-state index in [0.717, 1.165) is 16.8 Å². The van der Waals surface area contributed by atoms with E-state index in [1.54, 1.807) is 19.4 Å². The molecule has 0 N–H and O–H groups in total. The lowest BCUT2D eigenvalue weighted by atomic mass is 9.87. The van der Waals surface area contributed by atoms with Gasteiger partial charge in [-0.2, -0.15) is 5.10 Å². The molecule has 35 heavy (non-hydrogen) atoms. The van der Waals surface area contributed by atoms with Crippen LogP contribution in [0.15, 0.2) is 24.3 Å². The van der Waals surface area contributed by atoms with Gasteiger partial charge in [0.15, 0.2) is 0 Å². The van der Waals surface area contributed by atoms with Crippen LogP contribution >= 0.6 is 23.4 Å². The predicted molar refractivity (Wildman–Crippen MR) is 139 cm³/mol. The summed E-state index contributed by atoms with van der Waals surface area (Å²) >= 11 is 7.86. The van der Waals surface area contributed by atoms with Crippen LogP contribution in [0.25, 0.3) is 0 Å². The van der Waals surface area contributed by atoms with E-state index in [1.807, 2.05) is 31.3 Å². The zero-order chi connectivity index (χ0) is 25.5. The minimum atomic E-state index is -0.269. The fourth-order valence-corrected chi connectivity index (χ4v) is 6.07. The van der Waals surface area contributed by atoms with Crippen LogP contribution in [-0.2, 0) is 26.8 Å². The third-order valence-electron chi connectivity index (χ3n) is 6.48. The van der Waals surface area contributed by atoms with Gasteiger partial charge in [-0.1, -0.05) is 44.5 Å². The molecule has 2 aliphatic heterocycles. The number of fused-ring (bicyclic) bond motifs is 1. The lowest BCUT2D eigenvalue weighted by Gasteiger charge is -2.35. The van der Waals surface area contributed by atoms with E-state index in [-0.39, 0.29) is 40.7 Å². The van der Waals surface area contributed by atoms with Crippen LogP contribution in [0.1, 0.15) is 49.8 Å². The maximum atomic E-state index is 13.4. The molecule has 0 saturated carbocycles. The summed E-state index contributed by atoms with van der Waals surface area (Å²) in [7, 11) is 1.83. The molecule has 10 heteroatoms. The second kappa shape index (κ2) is 9.85. The summed E-state index contributed by atoms with van der Waals surface area (Å²) in [6.45, 7) is 9.73. The molecule has 1 atom stereocenters. The van der Waals surface area contributed by atoms with E-state index in [4.69, 9.17) is 16.7 Å². The number of rotatable bonds is 3. The summed E-state index contributed by atoms with van der Waals surface area (Å²) in [5, 5.41) is 5.34. The van der Waals surface area contributed by atoms with Gasteiger partial charge >= 0.3 is 0 Å². The molecule has 1 aromatic heterocycles. The normalized spacial score (nSPS) is 19.0. The van der Waals surface area contributed by atoms with Crippen molar-refractivity contribution >= 4 is 46.9 Å². The number of piperazine rings is 1. The van der Waals surface area contributed by atoms with Crippen molar-refractivity contribution in [3.63, 3.8) is 0 Å². The Morgan fingerprint density at radius 3 is 2.40 bits per heavy atom. The van der Waals surface area contributed by atoms with Crippen LogP contribution in [0.2, 0.25) is 5.02 Å². The van der Waals surface area contributed by atoms with Crippen molar-refractivity contribution in [3.05, 3.63) is 46.1 Å². The number of carbonyl (C=O) groups is 3. The summed E-state index contributed by atoms with van der Waals surface area (Å²) < 4.78 is 1.73. The number of nitrogens with zero attached hydrogens (tertiary/aromatic N) is 5. The Balaban J connectivity index is 1.72. The molecule has 0 aliphatic carbocycles. The number of aryl methyl sites for hydroxylation is 1. The highest BCUT2D eigenvalue weighted by atomic mass is 35.5. The van der Waals surface area contributed by atoms with E-state index in [1.165, 1.54) is 18.7 Å². The zero-order valence-electron chi connectivity index (χ0n) is 20.9. The minimum Gasteiger partial charge on any atom is -0.339 e. The van der Waals surface area contributed by atoms with Crippen molar-refractivity contribution in [1.29, 1.82) is 0 Å². The third-order valence-corrected chi connectivity index (χ3v) is 7.97. The average Bonchev–Trinajstić information content (AvgIpc) is 3.07. The monoisotopic (exact) mass is 517 g/mol. The van der Waals surface area contributed by atoms with Gasteiger partial charge in [-0.05, 0) is 17.7 Å². The van der Waals surface area contributed by atoms with Crippen molar-refractivity contribution < 1.29 is 14.4 Å². The van der Waals surface area contributed by atoms with Crippen molar-refractivity contribution in [2.75, 3.05) is 43.4 Å². The molecule has 0 spiro atoms. The number of amides is 3. The van der Waals surface area contributed by atoms with Crippen molar-refractivity contribution in [3.8, 4) is 0 Å². The number of carbonyl (C=O) groups excluding carboxylic acids is 3. The molecule has 1 saturated heterocycles. The van der Waals surface area contributed by atoms with Gasteiger partial charge in [0.05, 0.1) is 16.7 Å². The van der Waals surface area contributed by atoms with Gasteiger partial charge in [0.1, 0.15) is 12.4 Å². The van der Waals surface area contributed by atoms with E-state index in [9.17, 15) is 14.4 Å². The molecule has 2 aromatic rings. The summed E-state index contributed by atoms with van der Waals surface area (Å²) in [5.41, 5.74) is 2.58. The first-order chi connectivity index (χ1) is 16.5. The second-order valence-electron chi connectivity index (χ2n) is 10.1. The van der Waals surface area contributed by atoms with Gasteiger partial charge in [0.25, 0.3) is 0 Å². The largest absolute Gasteiger partial charge is 0.339 e. The van der Waals surface area contributed by atoms with Gasteiger partial charge in [-0.25, -0.2) is 0 Å². The first-order valence-corrected chi connectivity index (χ1v) is 13.2. The standard InChI is InChI=1S/C25H32ClN5O3S/c1-16(32)29-9-11-30(12-10-29)19(33)14-31-20(34)15-35-22(17-7-6-8-18(26)13-17)21-23(25(2,3)4)27-28(5)24(21)31/h6-8,13,22H,9-12,14-15H2,1-5H3. The third kappa shape index (κ3) is 5.21. The Labute approximate surface area is 215 Å². The number of aromatic nitrogens is 2. The topological polar surface area (TPSA) is 78.8 Å². The number of halogens is 1. The Bertz CT molecular complexity index is 1150. The molecular weight excluding hydrogens is 486 g/mol. The Morgan fingerprint density at radius 1 is 1.14 bits per heavy atom. The molecule has 1 unspecified atom stereocenters. The molecule has 3 amide bonds. The summed E-state index contributed by atoms with van der Waals surface area (Å²) in [4.78, 5) is 43.4. The summed E-state index contributed by atoms with van der Waals surface area (Å²) in [6, 6.07) is 7.71. The molecule has 188 valence electrons.